The first-order valence-corrected chi connectivity index (χ1v) is 8.02. The predicted molar refractivity (Wildman–Crippen MR) is 81.0 cm³/mol. The summed E-state index contributed by atoms with van der Waals surface area (Å²) in [6, 6.07) is 5.73. The standard InChI is InChI=1S/C13H21N3O3S/c1-13(2,3)11(14)12(17)15-9-5-7-10(8-6-9)16-20(4,18)19/h5-8,11,16H,14H2,1-4H3,(H,15,17)/t11-/m1/s1. The Bertz CT molecular complexity index is 574. The third-order valence-electron chi connectivity index (χ3n) is 2.67. The van der Waals surface area contributed by atoms with Gasteiger partial charge in [-0.2, -0.15) is 0 Å². The summed E-state index contributed by atoms with van der Waals surface area (Å²) < 4.78 is 24.5. The molecule has 4 N–H and O–H groups in total. The van der Waals surface area contributed by atoms with Crippen LogP contribution in [0.5, 0.6) is 0 Å². The maximum atomic E-state index is 11.9. The molecule has 0 unspecified atom stereocenters. The van der Waals surface area contributed by atoms with Crippen LogP contribution in [0.2, 0.25) is 0 Å². The fourth-order valence-corrected chi connectivity index (χ4v) is 2.01. The second-order valence-corrected chi connectivity index (χ2v) is 7.53. The van der Waals surface area contributed by atoms with Crippen molar-refractivity contribution in [3.05, 3.63) is 24.3 Å². The number of benzene rings is 1. The summed E-state index contributed by atoms with van der Waals surface area (Å²) in [7, 11) is -3.30. The third kappa shape index (κ3) is 5.18. The number of amides is 1. The average Bonchev–Trinajstić information content (AvgIpc) is 2.27. The highest BCUT2D eigenvalue weighted by Gasteiger charge is 2.27. The number of rotatable bonds is 4. The molecule has 0 aliphatic heterocycles. The molecule has 1 amide bonds. The maximum Gasteiger partial charge on any atom is 0.241 e. The lowest BCUT2D eigenvalue weighted by Gasteiger charge is -2.25. The summed E-state index contributed by atoms with van der Waals surface area (Å²) in [4.78, 5) is 11.9. The minimum absolute atomic E-state index is 0.277. The molecule has 0 saturated carbocycles. The molecule has 0 heterocycles. The number of hydrogen-bond acceptors (Lipinski definition) is 4. The number of sulfonamides is 1. The third-order valence-corrected chi connectivity index (χ3v) is 3.28. The summed E-state index contributed by atoms with van der Waals surface area (Å²) >= 11 is 0. The van der Waals surface area contributed by atoms with Gasteiger partial charge in [0.2, 0.25) is 15.9 Å². The molecule has 20 heavy (non-hydrogen) atoms. The lowest BCUT2D eigenvalue weighted by atomic mass is 9.87. The summed E-state index contributed by atoms with van der Waals surface area (Å²) in [5.74, 6) is -0.277. The average molecular weight is 299 g/mol. The van der Waals surface area contributed by atoms with Gasteiger partial charge in [-0.25, -0.2) is 8.42 Å². The van der Waals surface area contributed by atoms with Crippen molar-refractivity contribution in [1.29, 1.82) is 0 Å². The Labute approximate surface area is 119 Å². The lowest BCUT2D eigenvalue weighted by Crippen LogP contribution is -2.45. The fraction of sp³-hybridized carbons (Fsp3) is 0.462. The molecular formula is C13H21N3O3S. The van der Waals surface area contributed by atoms with E-state index in [1.54, 1.807) is 24.3 Å². The summed E-state index contributed by atoms with van der Waals surface area (Å²) in [5, 5.41) is 2.70. The first kappa shape index (κ1) is 16.5. The Morgan fingerprint density at radius 2 is 1.60 bits per heavy atom. The smallest absolute Gasteiger partial charge is 0.241 e. The number of nitrogens with one attached hydrogen (secondary N) is 2. The van der Waals surface area contributed by atoms with Gasteiger partial charge in [0.25, 0.3) is 0 Å². The lowest BCUT2D eigenvalue weighted by molar-refractivity contribution is -0.119. The van der Waals surface area contributed by atoms with Crippen molar-refractivity contribution in [2.75, 3.05) is 16.3 Å². The minimum Gasteiger partial charge on any atom is -0.325 e. The van der Waals surface area contributed by atoms with Gasteiger partial charge in [-0.1, -0.05) is 20.8 Å². The van der Waals surface area contributed by atoms with Crippen molar-refractivity contribution >= 4 is 27.3 Å². The Hall–Kier alpha value is -1.60. The van der Waals surface area contributed by atoms with Gasteiger partial charge in [0.1, 0.15) is 0 Å². The molecule has 0 aliphatic carbocycles. The van der Waals surface area contributed by atoms with Crippen molar-refractivity contribution in [2.45, 2.75) is 26.8 Å². The summed E-state index contributed by atoms with van der Waals surface area (Å²) in [6.45, 7) is 5.66. The van der Waals surface area contributed by atoms with E-state index < -0.39 is 16.1 Å². The van der Waals surface area contributed by atoms with Crippen LogP contribution in [0, 0.1) is 5.41 Å². The fourth-order valence-electron chi connectivity index (χ4n) is 1.45. The van der Waals surface area contributed by atoms with Crippen LogP contribution < -0.4 is 15.8 Å². The number of hydrogen-bond donors (Lipinski definition) is 3. The van der Waals surface area contributed by atoms with Crippen LogP contribution in [0.25, 0.3) is 0 Å². The van der Waals surface area contributed by atoms with E-state index in [0.717, 1.165) is 6.26 Å². The van der Waals surface area contributed by atoms with Crippen LogP contribution in [0.15, 0.2) is 24.3 Å². The maximum absolute atomic E-state index is 11.9. The van der Waals surface area contributed by atoms with E-state index in [9.17, 15) is 13.2 Å². The van der Waals surface area contributed by atoms with Gasteiger partial charge >= 0.3 is 0 Å². The molecule has 1 aromatic rings. The topological polar surface area (TPSA) is 101 Å². The molecule has 0 fully saturated rings. The highest BCUT2D eigenvalue weighted by molar-refractivity contribution is 7.92. The Kier molecular flexibility index (Phi) is 4.77. The zero-order chi connectivity index (χ0) is 15.6. The molecule has 112 valence electrons. The number of nitrogens with two attached hydrogens (primary N) is 1. The van der Waals surface area contributed by atoms with Gasteiger partial charge in [0.15, 0.2) is 0 Å². The molecule has 1 atom stereocenters. The first-order valence-electron chi connectivity index (χ1n) is 6.13. The number of carbonyl (C=O) groups excluding carboxylic acids is 1. The van der Waals surface area contributed by atoms with Crippen molar-refractivity contribution in [1.82, 2.24) is 0 Å². The monoisotopic (exact) mass is 299 g/mol. The molecule has 0 saturated heterocycles. The Balaban J connectivity index is 2.73. The van der Waals surface area contributed by atoms with Crippen LogP contribution in [0.1, 0.15) is 20.8 Å². The van der Waals surface area contributed by atoms with Crippen LogP contribution in [0.3, 0.4) is 0 Å². The molecule has 0 spiro atoms. The highest BCUT2D eigenvalue weighted by atomic mass is 32.2. The quantitative estimate of drug-likeness (QED) is 0.781. The van der Waals surface area contributed by atoms with Crippen LogP contribution >= 0.6 is 0 Å². The number of carbonyl (C=O) groups is 1. The van der Waals surface area contributed by atoms with Gasteiger partial charge in [-0.05, 0) is 29.7 Å². The molecule has 7 heteroatoms. The summed E-state index contributed by atoms with van der Waals surface area (Å²) in [6.07, 6.45) is 1.07. The van der Waals surface area contributed by atoms with Crippen molar-refractivity contribution < 1.29 is 13.2 Å². The predicted octanol–water partition coefficient (Wildman–Crippen LogP) is 1.37. The molecule has 0 radical (unpaired) electrons. The van der Waals surface area contributed by atoms with E-state index in [1.807, 2.05) is 20.8 Å². The second kappa shape index (κ2) is 5.80. The molecule has 6 nitrogen and oxygen atoms in total. The number of anilines is 2. The van der Waals surface area contributed by atoms with E-state index in [-0.39, 0.29) is 11.3 Å². The van der Waals surface area contributed by atoms with Gasteiger partial charge in [0, 0.05) is 11.4 Å². The Morgan fingerprint density at radius 1 is 1.15 bits per heavy atom. The molecular weight excluding hydrogens is 278 g/mol. The van der Waals surface area contributed by atoms with Crippen LogP contribution in [-0.4, -0.2) is 26.6 Å². The molecule has 1 aromatic carbocycles. The van der Waals surface area contributed by atoms with Crippen molar-refractivity contribution in [3.8, 4) is 0 Å². The van der Waals surface area contributed by atoms with Gasteiger partial charge in [0.05, 0.1) is 12.3 Å². The highest BCUT2D eigenvalue weighted by Crippen LogP contribution is 2.20. The zero-order valence-corrected chi connectivity index (χ0v) is 12.9. The van der Waals surface area contributed by atoms with E-state index in [1.165, 1.54) is 0 Å². The van der Waals surface area contributed by atoms with E-state index in [0.29, 0.717) is 11.4 Å². The van der Waals surface area contributed by atoms with E-state index in [4.69, 9.17) is 5.73 Å². The zero-order valence-electron chi connectivity index (χ0n) is 12.1. The van der Waals surface area contributed by atoms with Crippen molar-refractivity contribution in [2.24, 2.45) is 11.1 Å². The van der Waals surface area contributed by atoms with E-state index in [2.05, 4.69) is 10.0 Å². The largest absolute Gasteiger partial charge is 0.325 e. The molecule has 1 rings (SSSR count). The van der Waals surface area contributed by atoms with Gasteiger partial charge < -0.3 is 11.1 Å². The van der Waals surface area contributed by atoms with Crippen molar-refractivity contribution in [3.63, 3.8) is 0 Å². The van der Waals surface area contributed by atoms with Crippen LogP contribution in [-0.2, 0) is 14.8 Å². The van der Waals surface area contributed by atoms with Gasteiger partial charge in [-0.3, -0.25) is 9.52 Å². The molecule has 0 bridgehead atoms. The summed E-state index contributed by atoms with van der Waals surface area (Å²) in [5.41, 5.74) is 6.52. The molecule has 0 aliphatic rings. The first-order chi connectivity index (χ1) is 8.99. The SMILES string of the molecule is CC(C)(C)[C@H](N)C(=O)Nc1ccc(NS(C)(=O)=O)cc1. The minimum atomic E-state index is -3.30. The second-order valence-electron chi connectivity index (χ2n) is 5.78. The Morgan fingerprint density at radius 3 is 2.00 bits per heavy atom. The molecule has 0 aromatic heterocycles. The van der Waals surface area contributed by atoms with Crippen LogP contribution in [0.4, 0.5) is 11.4 Å². The van der Waals surface area contributed by atoms with E-state index >= 15 is 0 Å². The van der Waals surface area contributed by atoms with Gasteiger partial charge in [-0.15, -0.1) is 0 Å². The normalized spacial score (nSPS) is 13.7.